The van der Waals surface area contributed by atoms with Crippen molar-refractivity contribution in [3.8, 4) is 0 Å². The fraction of sp³-hybridized carbons (Fsp3) is 0.562. The van der Waals surface area contributed by atoms with Gasteiger partial charge in [0, 0.05) is 37.5 Å². The highest BCUT2D eigenvalue weighted by Crippen LogP contribution is 2.20. The zero-order chi connectivity index (χ0) is 14.4. The Bertz CT molecular complexity index is 425. The summed E-state index contributed by atoms with van der Waals surface area (Å²) in [4.78, 5) is 14.4. The minimum absolute atomic E-state index is 0.0225. The van der Waals surface area contributed by atoms with E-state index >= 15 is 0 Å². The van der Waals surface area contributed by atoms with Crippen LogP contribution in [0.1, 0.15) is 36.5 Å². The Morgan fingerprint density at radius 3 is 2.50 bits per heavy atom. The smallest absolute Gasteiger partial charge is 0.251 e. The molecule has 1 aromatic rings. The second-order valence-corrected chi connectivity index (χ2v) is 5.42. The fourth-order valence-electron chi connectivity index (χ4n) is 2.57. The lowest BCUT2D eigenvalue weighted by atomic mass is 10.1. The summed E-state index contributed by atoms with van der Waals surface area (Å²) >= 11 is 0. The maximum absolute atomic E-state index is 12.0. The summed E-state index contributed by atoms with van der Waals surface area (Å²) in [5.74, 6) is -0.0419. The van der Waals surface area contributed by atoms with Gasteiger partial charge in [0.1, 0.15) is 0 Å². The van der Waals surface area contributed by atoms with Crippen molar-refractivity contribution in [3.05, 3.63) is 29.8 Å². The molecule has 1 aromatic carbocycles. The fourth-order valence-corrected chi connectivity index (χ4v) is 2.57. The predicted molar refractivity (Wildman–Crippen MR) is 81.3 cm³/mol. The van der Waals surface area contributed by atoms with Crippen molar-refractivity contribution in [1.29, 1.82) is 0 Å². The number of rotatable bonds is 5. The maximum Gasteiger partial charge on any atom is 0.251 e. The van der Waals surface area contributed by atoms with Crippen LogP contribution in [-0.2, 0) is 4.74 Å². The molecule has 1 fully saturated rings. The van der Waals surface area contributed by atoms with E-state index in [-0.39, 0.29) is 11.9 Å². The minimum atomic E-state index is -0.0419. The van der Waals surface area contributed by atoms with Gasteiger partial charge in [0.15, 0.2) is 0 Å². The van der Waals surface area contributed by atoms with Crippen LogP contribution in [0.2, 0.25) is 0 Å². The number of nitrogens with zero attached hydrogens (tertiary/aromatic N) is 1. The van der Waals surface area contributed by atoms with Gasteiger partial charge in [-0.2, -0.15) is 0 Å². The van der Waals surface area contributed by atoms with Crippen LogP contribution in [0.25, 0.3) is 0 Å². The number of hydrogen-bond acceptors (Lipinski definition) is 3. The topological polar surface area (TPSA) is 41.6 Å². The Kier molecular flexibility index (Phi) is 5.41. The molecule has 0 spiro atoms. The Morgan fingerprint density at radius 1 is 1.25 bits per heavy atom. The molecule has 1 aliphatic heterocycles. The van der Waals surface area contributed by atoms with Crippen LogP contribution in [0.15, 0.2) is 24.3 Å². The van der Waals surface area contributed by atoms with Gasteiger partial charge in [0.25, 0.3) is 5.91 Å². The molecule has 4 heteroatoms. The first-order valence-corrected chi connectivity index (χ1v) is 7.35. The quantitative estimate of drug-likeness (QED) is 0.898. The number of piperidine rings is 1. The SMILES string of the molecule is COC[C@H](C)NC(=O)c1ccc(N2CCCCC2)cc1. The molecule has 110 valence electrons. The molecule has 1 N–H and O–H groups in total. The number of carbonyl (C=O) groups excluding carboxylic acids is 1. The Hall–Kier alpha value is -1.55. The monoisotopic (exact) mass is 276 g/mol. The Labute approximate surface area is 121 Å². The summed E-state index contributed by atoms with van der Waals surface area (Å²) in [6.45, 7) is 4.70. The van der Waals surface area contributed by atoms with Crippen molar-refractivity contribution in [2.45, 2.75) is 32.2 Å². The number of anilines is 1. The molecule has 0 aromatic heterocycles. The third-order valence-corrected chi connectivity index (χ3v) is 3.64. The largest absolute Gasteiger partial charge is 0.383 e. The van der Waals surface area contributed by atoms with Gasteiger partial charge in [0.05, 0.1) is 6.61 Å². The van der Waals surface area contributed by atoms with Crippen LogP contribution < -0.4 is 10.2 Å². The highest BCUT2D eigenvalue weighted by atomic mass is 16.5. The molecule has 0 bridgehead atoms. The second-order valence-electron chi connectivity index (χ2n) is 5.42. The first kappa shape index (κ1) is 14.9. The minimum Gasteiger partial charge on any atom is -0.383 e. The van der Waals surface area contributed by atoms with E-state index in [4.69, 9.17) is 4.74 Å². The lowest BCUT2D eigenvalue weighted by molar-refractivity contribution is 0.0905. The number of amides is 1. The van der Waals surface area contributed by atoms with Crippen molar-refractivity contribution in [3.63, 3.8) is 0 Å². The van der Waals surface area contributed by atoms with Crippen LogP contribution in [0.4, 0.5) is 5.69 Å². The summed E-state index contributed by atoms with van der Waals surface area (Å²) in [5.41, 5.74) is 1.92. The van der Waals surface area contributed by atoms with E-state index in [1.165, 1.54) is 24.9 Å². The third-order valence-electron chi connectivity index (χ3n) is 3.64. The maximum atomic E-state index is 12.0. The van der Waals surface area contributed by atoms with Gasteiger partial charge >= 0.3 is 0 Å². The van der Waals surface area contributed by atoms with Crippen molar-refractivity contribution >= 4 is 11.6 Å². The van der Waals surface area contributed by atoms with E-state index < -0.39 is 0 Å². The molecule has 1 amide bonds. The van der Waals surface area contributed by atoms with Crippen LogP contribution in [0, 0.1) is 0 Å². The molecule has 0 radical (unpaired) electrons. The van der Waals surface area contributed by atoms with Crippen LogP contribution in [-0.4, -0.2) is 38.8 Å². The van der Waals surface area contributed by atoms with Gasteiger partial charge in [-0.25, -0.2) is 0 Å². The van der Waals surface area contributed by atoms with Gasteiger partial charge < -0.3 is 15.0 Å². The molecule has 1 aliphatic rings. The summed E-state index contributed by atoms with van der Waals surface area (Å²) < 4.78 is 5.02. The molecule has 1 heterocycles. The summed E-state index contributed by atoms with van der Waals surface area (Å²) in [7, 11) is 1.63. The van der Waals surface area contributed by atoms with Crippen molar-refractivity contribution in [1.82, 2.24) is 5.32 Å². The zero-order valence-electron chi connectivity index (χ0n) is 12.4. The molecule has 20 heavy (non-hydrogen) atoms. The standard InChI is InChI=1S/C16H24N2O2/c1-13(12-20-2)17-16(19)14-6-8-15(9-7-14)18-10-4-3-5-11-18/h6-9,13H,3-5,10-12H2,1-2H3,(H,17,19)/t13-/m0/s1. The number of methoxy groups -OCH3 is 1. The van der Waals surface area contributed by atoms with E-state index in [0.717, 1.165) is 13.1 Å². The number of hydrogen-bond donors (Lipinski definition) is 1. The Morgan fingerprint density at radius 2 is 1.90 bits per heavy atom. The summed E-state index contributed by atoms with van der Waals surface area (Å²) in [6.07, 6.45) is 3.85. The molecule has 0 unspecified atom stereocenters. The molecule has 4 nitrogen and oxygen atoms in total. The van der Waals surface area contributed by atoms with Crippen molar-refractivity contribution in [2.75, 3.05) is 31.7 Å². The summed E-state index contributed by atoms with van der Waals surface area (Å²) in [6, 6.07) is 7.91. The molecule has 2 rings (SSSR count). The van der Waals surface area contributed by atoms with Gasteiger partial charge in [-0.3, -0.25) is 4.79 Å². The zero-order valence-corrected chi connectivity index (χ0v) is 12.4. The van der Waals surface area contributed by atoms with Crippen LogP contribution in [0.3, 0.4) is 0 Å². The lowest BCUT2D eigenvalue weighted by Gasteiger charge is -2.28. The first-order chi connectivity index (χ1) is 9.70. The highest BCUT2D eigenvalue weighted by molar-refractivity contribution is 5.94. The van der Waals surface area contributed by atoms with Crippen LogP contribution >= 0.6 is 0 Å². The van der Waals surface area contributed by atoms with E-state index in [0.29, 0.717) is 12.2 Å². The highest BCUT2D eigenvalue weighted by Gasteiger charge is 2.13. The number of ether oxygens (including phenoxy) is 1. The van der Waals surface area contributed by atoms with Crippen molar-refractivity contribution in [2.24, 2.45) is 0 Å². The average Bonchev–Trinajstić information content (AvgIpc) is 2.48. The van der Waals surface area contributed by atoms with E-state index in [2.05, 4.69) is 10.2 Å². The molecule has 1 saturated heterocycles. The third kappa shape index (κ3) is 3.97. The van der Waals surface area contributed by atoms with E-state index in [1.807, 2.05) is 31.2 Å². The molecule has 0 saturated carbocycles. The van der Waals surface area contributed by atoms with Crippen LogP contribution in [0.5, 0.6) is 0 Å². The summed E-state index contributed by atoms with van der Waals surface area (Å²) in [5, 5.41) is 2.92. The predicted octanol–water partition coefficient (Wildman–Crippen LogP) is 2.44. The average molecular weight is 276 g/mol. The normalized spacial score (nSPS) is 16.8. The van der Waals surface area contributed by atoms with Crippen molar-refractivity contribution < 1.29 is 9.53 Å². The molecular formula is C16H24N2O2. The van der Waals surface area contributed by atoms with E-state index in [1.54, 1.807) is 7.11 Å². The van der Waals surface area contributed by atoms with Gasteiger partial charge in [-0.15, -0.1) is 0 Å². The van der Waals surface area contributed by atoms with Gasteiger partial charge in [-0.1, -0.05) is 0 Å². The lowest BCUT2D eigenvalue weighted by Crippen LogP contribution is -2.35. The molecule has 0 aliphatic carbocycles. The molecule has 1 atom stereocenters. The Balaban J connectivity index is 1.95. The van der Waals surface area contributed by atoms with E-state index in [9.17, 15) is 4.79 Å². The number of carbonyl (C=O) groups is 1. The van der Waals surface area contributed by atoms with Gasteiger partial charge in [-0.05, 0) is 50.5 Å². The van der Waals surface area contributed by atoms with Gasteiger partial charge in [0.2, 0.25) is 0 Å². The number of nitrogens with one attached hydrogen (secondary N) is 1. The second kappa shape index (κ2) is 7.29. The molecular weight excluding hydrogens is 252 g/mol. The first-order valence-electron chi connectivity index (χ1n) is 7.35. The number of benzene rings is 1.